The molecule has 1 saturated heterocycles. The predicted molar refractivity (Wildman–Crippen MR) is 77.9 cm³/mol. The van der Waals surface area contributed by atoms with Crippen molar-refractivity contribution in [2.45, 2.75) is 25.4 Å². The lowest BCUT2D eigenvalue weighted by atomic mass is 10.0. The molecule has 0 aromatic heterocycles. The highest BCUT2D eigenvalue weighted by atomic mass is 35.5. The van der Waals surface area contributed by atoms with E-state index in [9.17, 15) is 0 Å². The fourth-order valence-electron chi connectivity index (χ4n) is 2.68. The molecule has 0 amide bonds. The van der Waals surface area contributed by atoms with E-state index in [4.69, 9.17) is 17.3 Å². The number of likely N-dealkylation sites (tertiary alicyclic amines) is 1. The Morgan fingerprint density at radius 2 is 2.22 bits per heavy atom. The largest absolute Gasteiger partial charge is 0.399 e. The topological polar surface area (TPSA) is 32.5 Å². The molecule has 1 heterocycles. The average molecular weight is 268 g/mol. The van der Waals surface area contributed by atoms with E-state index in [-0.39, 0.29) is 0 Å². The molecule has 0 radical (unpaired) electrons. The zero-order valence-electron chi connectivity index (χ0n) is 11.2. The molecule has 1 aliphatic heterocycles. The van der Waals surface area contributed by atoms with Crippen molar-refractivity contribution in [2.75, 3.05) is 32.9 Å². The summed E-state index contributed by atoms with van der Waals surface area (Å²) in [7, 11) is 4.37. The van der Waals surface area contributed by atoms with Gasteiger partial charge in [0.1, 0.15) is 0 Å². The molecule has 2 rings (SSSR count). The minimum Gasteiger partial charge on any atom is -0.399 e. The molecule has 1 aromatic rings. The minimum atomic E-state index is 0.629. The summed E-state index contributed by atoms with van der Waals surface area (Å²) in [5, 5.41) is 0.721. The summed E-state index contributed by atoms with van der Waals surface area (Å²) in [4.78, 5) is 4.80. The van der Waals surface area contributed by atoms with E-state index >= 15 is 0 Å². The van der Waals surface area contributed by atoms with Crippen molar-refractivity contribution in [3.05, 3.63) is 28.8 Å². The summed E-state index contributed by atoms with van der Waals surface area (Å²) in [5.74, 6) is 0. The molecule has 1 atom stereocenters. The van der Waals surface area contributed by atoms with Gasteiger partial charge in [-0.2, -0.15) is 0 Å². The number of rotatable bonds is 3. The van der Waals surface area contributed by atoms with Gasteiger partial charge in [-0.25, -0.2) is 0 Å². The number of nitrogens with zero attached hydrogens (tertiary/aromatic N) is 2. The normalized spacial score (nSPS) is 21.4. The first kappa shape index (κ1) is 13.7. The van der Waals surface area contributed by atoms with Crippen molar-refractivity contribution in [3.63, 3.8) is 0 Å². The molecule has 18 heavy (non-hydrogen) atoms. The van der Waals surface area contributed by atoms with Gasteiger partial charge >= 0.3 is 0 Å². The van der Waals surface area contributed by atoms with Crippen molar-refractivity contribution in [3.8, 4) is 0 Å². The molecule has 1 fully saturated rings. The second-order valence-electron chi connectivity index (χ2n) is 5.37. The maximum Gasteiger partial charge on any atom is 0.0429 e. The Hall–Kier alpha value is -0.770. The third-order valence-electron chi connectivity index (χ3n) is 3.63. The SMILES string of the molecule is CN1CCCC(N(C)Cc2cc(N)cc(Cl)c2)C1. The second kappa shape index (κ2) is 5.91. The Morgan fingerprint density at radius 3 is 2.89 bits per heavy atom. The van der Waals surface area contributed by atoms with Crippen LogP contribution in [0.25, 0.3) is 0 Å². The molecule has 3 nitrogen and oxygen atoms in total. The van der Waals surface area contributed by atoms with Gasteiger partial charge in [-0.15, -0.1) is 0 Å². The molecule has 4 heteroatoms. The monoisotopic (exact) mass is 267 g/mol. The molecule has 0 saturated carbocycles. The quantitative estimate of drug-likeness (QED) is 0.854. The number of benzene rings is 1. The van der Waals surface area contributed by atoms with Gasteiger partial charge in [0.05, 0.1) is 0 Å². The van der Waals surface area contributed by atoms with E-state index in [0.29, 0.717) is 6.04 Å². The van der Waals surface area contributed by atoms with Gasteiger partial charge in [0.25, 0.3) is 0 Å². The van der Waals surface area contributed by atoms with E-state index in [2.05, 4.69) is 23.9 Å². The van der Waals surface area contributed by atoms with Crippen LogP contribution in [0.1, 0.15) is 18.4 Å². The summed E-state index contributed by atoms with van der Waals surface area (Å²) in [6.07, 6.45) is 2.56. The van der Waals surface area contributed by atoms with E-state index in [1.807, 2.05) is 12.1 Å². The first-order valence-electron chi connectivity index (χ1n) is 6.48. The maximum atomic E-state index is 6.04. The first-order chi connectivity index (χ1) is 8.54. The van der Waals surface area contributed by atoms with Gasteiger partial charge in [-0.05, 0) is 57.2 Å². The Bertz CT molecular complexity index is 388. The molecular formula is C14H22ClN3. The van der Waals surface area contributed by atoms with Crippen LogP contribution in [-0.4, -0.2) is 43.0 Å². The number of piperidine rings is 1. The Morgan fingerprint density at radius 1 is 1.44 bits per heavy atom. The standard InChI is InChI=1S/C14H22ClN3/c1-17-5-3-4-14(10-17)18(2)9-11-6-12(15)8-13(16)7-11/h6-8,14H,3-5,9-10,16H2,1-2H3. The van der Waals surface area contributed by atoms with Crippen LogP contribution in [-0.2, 0) is 6.54 Å². The lowest BCUT2D eigenvalue weighted by Crippen LogP contribution is -2.44. The molecular weight excluding hydrogens is 246 g/mol. The molecule has 0 spiro atoms. The number of hydrogen-bond donors (Lipinski definition) is 1. The Kier molecular flexibility index (Phi) is 4.49. The zero-order chi connectivity index (χ0) is 13.1. The molecule has 100 valence electrons. The van der Waals surface area contributed by atoms with Gasteiger partial charge in [-0.3, -0.25) is 4.90 Å². The average Bonchev–Trinajstić information content (AvgIpc) is 2.27. The third-order valence-corrected chi connectivity index (χ3v) is 3.85. The van der Waals surface area contributed by atoms with Crippen LogP contribution in [0, 0.1) is 0 Å². The van der Waals surface area contributed by atoms with E-state index in [1.54, 1.807) is 6.07 Å². The van der Waals surface area contributed by atoms with Crippen molar-refractivity contribution >= 4 is 17.3 Å². The fraction of sp³-hybridized carbons (Fsp3) is 0.571. The summed E-state index contributed by atoms with van der Waals surface area (Å²) in [5.41, 5.74) is 7.76. The van der Waals surface area contributed by atoms with Gasteiger partial charge in [-0.1, -0.05) is 11.6 Å². The minimum absolute atomic E-state index is 0.629. The van der Waals surface area contributed by atoms with Crippen LogP contribution in [0.3, 0.4) is 0 Å². The highest BCUT2D eigenvalue weighted by Gasteiger charge is 2.21. The van der Waals surface area contributed by atoms with Gasteiger partial charge in [0.2, 0.25) is 0 Å². The second-order valence-corrected chi connectivity index (χ2v) is 5.80. The Balaban J connectivity index is 1.99. The summed E-state index contributed by atoms with van der Waals surface area (Å²) in [6, 6.07) is 6.43. The molecule has 1 aromatic carbocycles. The molecule has 2 N–H and O–H groups in total. The summed E-state index contributed by atoms with van der Waals surface area (Å²) < 4.78 is 0. The van der Waals surface area contributed by atoms with Gasteiger partial charge in [0, 0.05) is 29.8 Å². The fourth-order valence-corrected chi connectivity index (χ4v) is 2.95. The van der Waals surface area contributed by atoms with Gasteiger partial charge < -0.3 is 10.6 Å². The summed E-state index contributed by atoms with van der Waals surface area (Å²) >= 11 is 6.04. The molecule has 0 bridgehead atoms. The van der Waals surface area contributed by atoms with Crippen LogP contribution in [0.15, 0.2) is 18.2 Å². The van der Waals surface area contributed by atoms with Crippen LogP contribution >= 0.6 is 11.6 Å². The molecule has 1 unspecified atom stereocenters. The van der Waals surface area contributed by atoms with Crippen molar-refractivity contribution < 1.29 is 0 Å². The lowest BCUT2D eigenvalue weighted by molar-refractivity contribution is 0.129. The van der Waals surface area contributed by atoms with Crippen LogP contribution in [0.4, 0.5) is 5.69 Å². The van der Waals surface area contributed by atoms with Gasteiger partial charge in [0.15, 0.2) is 0 Å². The number of nitrogens with two attached hydrogens (primary N) is 1. The number of anilines is 1. The maximum absolute atomic E-state index is 6.04. The Labute approximate surface area is 115 Å². The van der Waals surface area contributed by atoms with E-state index < -0.39 is 0 Å². The van der Waals surface area contributed by atoms with Crippen molar-refractivity contribution in [1.29, 1.82) is 0 Å². The zero-order valence-corrected chi connectivity index (χ0v) is 12.0. The van der Waals surface area contributed by atoms with Crippen LogP contribution < -0.4 is 5.73 Å². The van der Waals surface area contributed by atoms with E-state index in [0.717, 1.165) is 23.8 Å². The number of nitrogen functional groups attached to an aromatic ring is 1. The summed E-state index contributed by atoms with van der Waals surface area (Å²) in [6.45, 7) is 3.27. The van der Waals surface area contributed by atoms with Crippen molar-refractivity contribution in [2.24, 2.45) is 0 Å². The van der Waals surface area contributed by atoms with Crippen LogP contribution in [0.5, 0.6) is 0 Å². The number of likely N-dealkylation sites (N-methyl/N-ethyl adjacent to an activating group) is 2. The number of hydrogen-bond acceptors (Lipinski definition) is 3. The lowest BCUT2D eigenvalue weighted by Gasteiger charge is -2.36. The first-order valence-corrected chi connectivity index (χ1v) is 6.86. The van der Waals surface area contributed by atoms with Crippen LogP contribution in [0.2, 0.25) is 5.02 Å². The smallest absolute Gasteiger partial charge is 0.0429 e. The third kappa shape index (κ3) is 3.61. The highest BCUT2D eigenvalue weighted by molar-refractivity contribution is 6.30. The predicted octanol–water partition coefficient (Wildman–Crippen LogP) is 2.45. The highest BCUT2D eigenvalue weighted by Crippen LogP contribution is 2.20. The van der Waals surface area contributed by atoms with Crippen molar-refractivity contribution in [1.82, 2.24) is 9.80 Å². The molecule has 1 aliphatic rings. The van der Waals surface area contributed by atoms with E-state index in [1.165, 1.54) is 24.9 Å². The molecule has 0 aliphatic carbocycles. The number of halogens is 1.